The minimum absolute atomic E-state index is 0.0201. The molecule has 1 aliphatic heterocycles. The Morgan fingerprint density at radius 3 is 2.62 bits per heavy atom. The first-order valence-electron chi connectivity index (χ1n) is 8.80. The van der Waals surface area contributed by atoms with Gasteiger partial charge in [0.1, 0.15) is 0 Å². The Morgan fingerprint density at radius 1 is 1.12 bits per heavy atom. The zero-order chi connectivity index (χ0) is 17.9. The van der Waals surface area contributed by atoms with Crippen LogP contribution in [0.25, 0.3) is 0 Å². The van der Waals surface area contributed by atoms with E-state index in [2.05, 4.69) is 22.3 Å². The molecular weight excluding hydrogens is 346 g/mol. The van der Waals surface area contributed by atoms with Gasteiger partial charge in [-0.25, -0.2) is 0 Å². The van der Waals surface area contributed by atoms with E-state index in [-0.39, 0.29) is 11.8 Å². The number of carbonyl (C=O) groups excluding carboxylic acids is 1. The van der Waals surface area contributed by atoms with Crippen LogP contribution in [0.1, 0.15) is 34.7 Å². The molecule has 0 saturated heterocycles. The van der Waals surface area contributed by atoms with Gasteiger partial charge in [-0.2, -0.15) is 5.10 Å². The van der Waals surface area contributed by atoms with Crippen LogP contribution in [0.2, 0.25) is 5.02 Å². The summed E-state index contributed by atoms with van der Waals surface area (Å²) in [5.74, 6) is 0.187. The molecule has 26 heavy (non-hydrogen) atoms. The maximum atomic E-state index is 13.0. The van der Waals surface area contributed by atoms with E-state index in [1.54, 1.807) is 0 Å². The van der Waals surface area contributed by atoms with Crippen LogP contribution in [0, 0.1) is 0 Å². The van der Waals surface area contributed by atoms with Crippen LogP contribution >= 0.6 is 11.6 Å². The summed E-state index contributed by atoms with van der Waals surface area (Å²) in [6.45, 7) is 1.36. The smallest absolute Gasteiger partial charge is 0.223 e. The molecule has 1 aliphatic rings. The van der Waals surface area contributed by atoms with Gasteiger partial charge in [0.15, 0.2) is 0 Å². The fraction of sp³-hybridized carbons (Fsp3) is 0.238. The molecule has 132 valence electrons. The van der Waals surface area contributed by atoms with Crippen molar-refractivity contribution < 1.29 is 4.79 Å². The summed E-state index contributed by atoms with van der Waals surface area (Å²) in [5, 5.41) is 7.80. The average molecular weight is 366 g/mol. The Labute approximate surface area is 157 Å². The number of rotatable bonds is 4. The first-order chi connectivity index (χ1) is 12.7. The lowest BCUT2D eigenvalue weighted by Gasteiger charge is -2.28. The number of aromatic amines is 1. The molecule has 0 spiro atoms. The normalized spacial score (nSPS) is 14.7. The van der Waals surface area contributed by atoms with Gasteiger partial charge in [-0.3, -0.25) is 9.89 Å². The van der Waals surface area contributed by atoms with Crippen molar-refractivity contribution in [2.75, 3.05) is 6.54 Å². The fourth-order valence-corrected chi connectivity index (χ4v) is 3.67. The second-order valence-corrected chi connectivity index (χ2v) is 7.09. The van der Waals surface area contributed by atoms with Crippen molar-refractivity contribution >= 4 is 17.5 Å². The van der Waals surface area contributed by atoms with Crippen molar-refractivity contribution in [3.8, 4) is 0 Å². The Morgan fingerprint density at radius 2 is 1.85 bits per heavy atom. The van der Waals surface area contributed by atoms with Crippen LogP contribution < -0.4 is 0 Å². The minimum atomic E-state index is 0.0201. The van der Waals surface area contributed by atoms with E-state index in [0.29, 0.717) is 18.0 Å². The zero-order valence-corrected chi connectivity index (χ0v) is 15.1. The first kappa shape index (κ1) is 16.9. The van der Waals surface area contributed by atoms with Gasteiger partial charge in [0.25, 0.3) is 0 Å². The maximum absolute atomic E-state index is 13.0. The Bertz CT molecular complexity index is 889. The number of halogens is 1. The van der Waals surface area contributed by atoms with E-state index in [9.17, 15) is 4.79 Å². The standard InChI is InChI=1S/C21H20ClN3O/c22-18-8-6-16(7-9-18)19(15-4-2-1-3-5-15)12-21(26)25-11-10-20-17(14-25)13-23-24-20/h1-9,13,19H,10-12,14H2,(H,23,24). The number of benzene rings is 2. The number of nitrogens with zero attached hydrogens (tertiary/aromatic N) is 2. The van der Waals surface area contributed by atoms with Gasteiger partial charge in [-0.15, -0.1) is 0 Å². The van der Waals surface area contributed by atoms with Crippen molar-refractivity contribution in [1.29, 1.82) is 0 Å². The lowest BCUT2D eigenvalue weighted by atomic mass is 9.88. The highest BCUT2D eigenvalue weighted by Crippen LogP contribution is 2.30. The number of amides is 1. The quantitative estimate of drug-likeness (QED) is 0.754. The van der Waals surface area contributed by atoms with Crippen LogP contribution in [-0.2, 0) is 17.8 Å². The van der Waals surface area contributed by atoms with Crippen LogP contribution in [0.4, 0.5) is 0 Å². The summed E-state index contributed by atoms with van der Waals surface area (Å²) >= 11 is 6.04. The van der Waals surface area contributed by atoms with Gasteiger partial charge >= 0.3 is 0 Å². The van der Waals surface area contributed by atoms with E-state index in [1.807, 2.05) is 53.6 Å². The van der Waals surface area contributed by atoms with Crippen molar-refractivity contribution in [2.24, 2.45) is 0 Å². The molecule has 4 nitrogen and oxygen atoms in total. The van der Waals surface area contributed by atoms with Crippen LogP contribution in [0.5, 0.6) is 0 Å². The van der Waals surface area contributed by atoms with Crippen LogP contribution in [-0.4, -0.2) is 27.5 Å². The summed E-state index contributed by atoms with van der Waals surface area (Å²) in [7, 11) is 0. The second kappa shape index (κ2) is 7.34. The van der Waals surface area contributed by atoms with Crippen molar-refractivity contribution in [2.45, 2.75) is 25.3 Å². The lowest BCUT2D eigenvalue weighted by molar-refractivity contribution is -0.132. The Hall–Kier alpha value is -2.59. The van der Waals surface area contributed by atoms with Gasteiger partial charge < -0.3 is 4.90 Å². The van der Waals surface area contributed by atoms with E-state index < -0.39 is 0 Å². The molecule has 0 radical (unpaired) electrons. The molecule has 0 saturated carbocycles. The average Bonchev–Trinajstić information content (AvgIpc) is 3.15. The lowest BCUT2D eigenvalue weighted by Crippen LogP contribution is -2.36. The highest BCUT2D eigenvalue weighted by molar-refractivity contribution is 6.30. The summed E-state index contributed by atoms with van der Waals surface area (Å²) in [6, 6.07) is 18.0. The summed E-state index contributed by atoms with van der Waals surface area (Å²) < 4.78 is 0. The van der Waals surface area contributed by atoms with Crippen molar-refractivity contribution in [1.82, 2.24) is 15.1 Å². The second-order valence-electron chi connectivity index (χ2n) is 6.66. The number of H-pyrrole nitrogens is 1. The van der Waals surface area contributed by atoms with E-state index in [0.717, 1.165) is 35.3 Å². The number of fused-ring (bicyclic) bond motifs is 1. The largest absolute Gasteiger partial charge is 0.338 e. The van der Waals surface area contributed by atoms with Crippen LogP contribution in [0.15, 0.2) is 60.8 Å². The zero-order valence-electron chi connectivity index (χ0n) is 14.4. The Kier molecular flexibility index (Phi) is 4.76. The third-order valence-corrected chi connectivity index (χ3v) is 5.26. The summed E-state index contributed by atoms with van der Waals surface area (Å²) in [5.41, 5.74) is 4.51. The number of hydrogen-bond donors (Lipinski definition) is 1. The third kappa shape index (κ3) is 3.51. The SMILES string of the molecule is O=C(CC(c1ccccc1)c1ccc(Cl)cc1)N1CCc2[nH]ncc2C1. The third-order valence-electron chi connectivity index (χ3n) is 5.01. The number of carbonyl (C=O) groups is 1. The molecule has 4 rings (SSSR count). The highest BCUT2D eigenvalue weighted by Gasteiger charge is 2.25. The maximum Gasteiger partial charge on any atom is 0.223 e. The molecule has 1 N–H and O–H groups in total. The molecule has 3 aromatic rings. The molecule has 1 aromatic heterocycles. The number of hydrogen-bond acceptors (Lipinski definition) is 2. The van der Waals surface area contributed by atoms with Gasteiger partial charge in [-0.1, -0.05) is 54.1 Å². The predicted molar refractivity (Wildman–Crippen MR) is 102 cm³/mol. The van der Waals surface area contributed by atoms with Gasteiger partial charge in [-0.05, 0) is 23.3 Å². The van der Waals surface area contributed by atoms with Crippen LogP contribution in [0.3, 0.4) is 0 Å². The topological polar surface area (TPSA) is 49.0 Å². The molecule has 2 aromatic carbocycles. The van der Waals surface area contributed by atoms with E-state index in [4.69, 9.17) is 11.6 Å². The van der Waals surface area contributed by atoms with Gasteiger partial charge in [0.05, 0.1) is 6.20 Å². The molecule has 2 heterocycles. The van der Waals surface area contributed by atoms with Gasteiger partial charge in [0, 0.05) is 48.1 Å². The summed E-state index contributed by atoms with van der Waals surface area (Å²) in [4.78, 5) is 15.0. The predicted octanol–water partition coefficient (Wildman–Crippen LogP) is 4.17. The number of nitrogens with one attached hydrogen (secondary N) is 1. The minimum Gasteiger partial charge on any atom is -0.338 e. The first-order valence-corrected chi connectivity index (χ1v) is 9.18. The molecule has 0 aliphatic carbocycles. The van der Waals surface area contributed by atoms with Gasteiger partial charge in [0.2, 0.25) is 5.91 Å². The molecule has 5 heteroatoms. The molecule has 1 amide bonds. The van der Waals surface area contributed by atoms with E-state index >= 15 is 0 Å². The molecule has 1 unspecified atom stereocenters. The molecule has 1 atom stereocenters. The highest BCUT2D eigenvalue weighted by atomic mass is 35.5. The fourth-order valence-electron chi connectivity index (χ4n) is 3.55. The molecule has 0 fully saturated rings. The Balaban J connectivity index is 1.57. The van der Waals surface area contributed by atoms with Crippen molar-refractivity contribution in [3.05, 3.63) is 88.2 Å². The molecule has 0 bridgehead atoms. The summed E-state index contributed by atoms with van der Waals surface area (Å²) in [6.07, 6.45) is 3.10. The molecular formula is C21H20ClN3O. The monoisotopic (exact) mass is 365 g/mol. The van der Waals surface area contributed by atoms with E-state index in [1.165, 1.54) is 0 Å². The van der Waals surface area contributed by atoms with Crippen molar-refractivity contribution in [3.63, 3.8) is 0 Å². The number of aromatic nitrogens is 2.